The highest BCUT2D eigenvalue weighted by molar-refractivity contribution is 5.58. The summed E-state index contributed by atoms with van der Waals surface area (Å²) in [4.78, 5) is 11.8. The standard InChI is InChI=1S/C23H32N6/c1-5-7-18-13-21(29-11-10-20(15-29)25-16-23(2,3)4)28-22(26-18)27-19-9-6-8-17(12-19)14-24/h6,8-9,12-13,20,25H,5,7,10-11,15-16H2,1-4H3,(H,26,27,28)/t20-/m0/s1. The molecular weight excluding hydrogens is 360 g/mol. The summed E-state index contributed by atoms with van der Waals surface area (Å²) < 4.78 is 0. The lowest BCUT2D eigenvalue weighted by atomic mass is 9.96. The topological polar surface area (TPSA) is 76.9 Å². The smallest absolute Gasteiger partial charge is 0.229 e. The van der Waals surface area contributed by atoms with Crippen molar-refractivity contribution in [2.45, 2.75) is 53.0 Å². The van der Waals surface area contributed by atoms with Crippen LogP contribution in [0.3, 0.4) is 0 Å². The molecule has 6 heteroatoms. The maximum absolute atomic E-state index is 9.13. The van der Waals surface area contributed by atoms with Gasteiger partial charge in [-0.05, 0) is 36.5 Å². The molecule has 0 radical (unpaired) electrons. The number of hydrogen-bond donors (Lipinski definition) is 2. The van der Waals surface area contributed by atoms with Gasteiger partial charge in [-0.3, -0.25) is 0 Å². The zero-order chi connectivity index (χ0) is 20.9. The number of aromatic nitrogens is 2. The first-order valence-corrected chi connectivity index (χ1v) is 10.5. The van der Waals surface area contributed by atoms with Gasteiger partial charge in [0.05, 0.1) is 11.6 Å². The van der Waals surface area contributed by atoms with Gasteiger partial charge in [-0.2, -0.15) is 10.2 Å². The maximum atomic E-state index is 9.13. The number of nitrogens with zero attached hydrogens (tertiary/aromatic N) is 4. The first-order valence-electron chi connectivity index (χ1n) is 10.5. The van der Waals surface area contributed by atoms with Crippen LogP contribution in [-0.2, 0) is 6.42 Å². The van der Waals surface area contributed by atoms with E-state index < -0.39 is 0 Å². The average Bonchev–Trinajstić information content (AvgIpc) is 3.15. The number of anilines is 3. The van der Waals surface area contributed by atoms with Crippen molar-refractivity contribution in [2.75, 3.05) is 29.9 Å². The quantitative estimate of drug-likeness (QED) is 0.733. The van der Waals surface area contributed by atoms with Crippen molar-refractivity contribution in [3.8, 4) is 6.07 Å². The maximum Gasteiger partial charge on any atom is 0.229 e. The molecule has 0 spiro atoms. The van der Waals surface area contributed by atoms with Gasteiger partial charge in [-0.15, -0.1) is 0 Å². The molecule has 1 saturated heterocycles. The van der Waals surface area contributed by atoms with E-state index in [0.29, 0.717) is 17.6 Å². The Balaban J connectivity index is 1.76. The van der Waals surface area contributed by atoms with E-state index in [4.69, 9.17) is 10.2 Å². The van der Waals surface area contributed by atoms with Crippen LogP contribution in [0.4, 0.5) is 17.5 Å². The molecule has 1 aromatic carbocycles. The van der Waals surface area contributed by atoms with E-state index in [1.807, 2.05) is 18.2 Å². The minimum Gasteiger partial charge on any atom is -0.355 e. The van der Waals surface area contributed by atoms with Crippen molar-refractivity contribution in [2.24, 2.45) is 5.41 Å². The van der Waals surface area contributed by atoms with Crippen LogP contribution in [0.15, 0.2) is 30.3 Å². The first kappa shape index (κ1) is 21.1. The third-order valence-electron chi connectivity index (χ3n) is 4.95. The average molecular weight is 393 g/mol. The predicted molar refractivity (Wildman–Crippen MR) is 119 cm³/mol. The Kier molecular flexibility index (Phi) is 6.71. The molecule has 0 bridgehead atoms. The van der Waals surface area contributed by atoms with Crippen molar-refractivity contribution in [1.82, 2.24) is 15.3 Å². The molecule has 2 heterocycles. The fourth-order valence-corrected chi connectivity index (χ4v) is 3.47. The van der Waals surface area contributed by atoms with Crippen LogP contribution in [0.5, 0.6) is 0 Å². The van der Waals surface area contributed by atoms with Crippen molar-refractivity contribution in [3.63, 3.8) is 0 Å². The Labute approximate surface area is 174 Å². The van der Waals surface area contributed by atoms with Gasteiger partial charge in [0, 0.05) is 43.1 Å². The Morgan fingerprint density at radius 3 is 2.79 bits per heavy atom. The molecule has 2 N–H and O–H groups in total. The Morgan fingerprint density at radius 2 is 2.07 bits per heavy atom. The molecule has 1 aliphatic rings. The monoisotopic (exact) mass is 392 g/mol. The Morgan fingerprint density at radius 1 is 1.24 bits per heavy atom. The van der Waals surface area contributed by atoms with Gasteiger partial charge >= 0.3 is 0 Å². The molecule has 0 aliphatic carbocycles. The minimum atomic E-state index is 0.283. The molecule has 29 heavy (non-hydrogen) atoms. The van der Waals surface area contributed by atoms with Gasteiger partial charge in [0.1, 0.15) is 5.82 Å². The van der Waals surface area contributed by atoms with Crippen LogP contribution in [-0.4, -0.2) is 35.6 Å². The molecule has 0 amide bonds. The van der Waals surface area contributed by atoms with Crippen LogP contribution in [0, 0.1) is 16.7 Å². The van der Waals surface area contributed by atoms with E-state index in [9.17, 15) is 0 Å². The van der Waals surface area contributed by atoms with Gasteiger partial charge in [-0.25, -0.2) is 4.98 Å². The van der Waals surface area contributed by atoms with E-state index in [-0.39, 0.29) is 5.41 Å². The van der Waals surface area contributed by atoms with Gasteiger partial charge in [0.15, 0.2) is 0 Å². The van der Waals surface area contributed by atoms with Crippen LogP contribution in [0.25, 0.3) is 0 Å². The van der Waals surface area contributed by atoms with Gasteiger partial charge in [0.25, 0.3) is 0 Å². The van der Waals surface area contributed by atoms with Crippen LogP contribution < -0.4 is 15.5 Å². The Hall–Kier alpha value is -2.65. The lowest BCUT2D eigenvalue weighted by Crippen LogP contribution is -2.37. The molecule has 1 aliphatic heterocycles. The fourth-order valence-electron chi connectivity index (χ4n) is 3.47. The summed E-state index contributed by atoms with van der Waals surface area (Å²) in [6.45, 7) is 11.9. The summed E-state index contributed by atoms with van der Waals surface area (Å²) in [5.74, 6) is 1.56. The minimum absolute atomic E-state index is 0.283. The molecule has 154 valence electrons. The lowest BCUT2D eigenvalue weighted by molar-refractivity contribution is 0.357. The predicted octanol–water partition coefficient (Wildman–Crippen LogP) is 4.26. The number of rotatable bonds is 7. The van der Waals surface area contributed by atoms with Crippen LogP contribution >= 0.6 is 0 Å². The van der Waals surface area contributed by atoms with E-state index in [1.165, 1.54) is 0 Å². The molecule has 1 aromatic heterocycles. The third-order valence-corrected chi connectivity index (χ3v) is 4.95. The summed E-state index contributed by atoms with van der Waals surface area (Å²) >= 11 is 0. The van der Waals surface area contributed by atoms with Crippen LogP contribution in [0.1, 0.15) is 51.8 Å². The van der Waals surface area contributed by atoms with Crippen molar-refractivity contribution >= 4 is 17.5 Å². The molecule has 0 saturated carbocycles. The number of nitrogens with one attached hydrogen (secondary N) is 2. The number of nitriles is 1. The van der Waals surface area contributed by atoms with Gasteiger partial charge in [0.2, 0.25) is 5.95 Å². The second-order valence-corrected chi connectivity index (χ2v) is 8.98. The van der Waals surface area contributed by atoms with Crippen molar-refractivity contribution in [1.29, 1.82) is 5.26 Å². The van der Waals surface area contributed by atoms with Crippen molar-refractivity contribution in [3.05, 3.63) is 41.6 Å². The molecule has 3 rings (SSSR count). The fraction of sp³-hybridized carbons (Fsp3) is 0.522. The summed E-state index contributed by atoms with van der Waals surface area (Å²) in [5, 5.41) is 16.1. The number of aryl methyl sites for hydroxylation is 1. The van der Waals surface area contributed by atoms with Crippen molar-refractivity contribution < 1.29 is 0 Å². The summed E-state index contributed by atoms with van der Waals surface area (Å²) in [5.41, 5.74) is 2.77. The zero-order valence-corrected chi connectivity index (χ0v) is 18.0. The number of hydrogen-bond acceptors (Lipinski definition) is 6. The molecule has 2 aromatic rings. The summed E-state index contributed by atoms with van der Waals surface area (Å²) in [7, 11) is 0. The highest BCUT2D eigenvalue weighted by Gasteiger charge is 2.25. The molecule has 0 unspecified atom stereocenters. The summed E-state index contributed by atoms with van der Waals surface area (Å²) in [6, 6.07) is 12.2. The van der Waals surface area contributed by atoms with E-state index in [1.54, 1.807) is 6.07 Å². The first-order chi connectivity index (χ1) is 13.9. The second kappa shape index (κ2) is 9.23. The molecule has 1 fully saturated rings. The molecular formula is C23H32N6. The molecule has 6 nitrogen and oxygen atoms in total. The van der Waals surface area contributed by atoms with E-state index in [0.717, 1.165) is 56.1 Å². The molecule has 1 atom stereocenters. The normalized spacial score (nSPS) is 16.7. The van der Waals surface area contributed by atoms with E-state index >= 15 is 0 Å². The third kappa shape index (κ3) is 6.16. The highest BCUT2D eigenvalue weighted by atomic mass is 15.3. The van der Waals surface area contributed by atoms with Crippen LogP contribution in [0.2, 0.25) is 0 Å². The van der Waals surface area contributed by atoms with E-state index in [2.05, 4.69) is 60.3 Å². The zero-order valence-electron chi connectivity index (χ0n) is 18.0. The Bertz CT molecular complexity index is 864. The number of benzene rings is 1. The SMILES string of the molecule is CCCc1cc(N2CC[C@H](NCC(C)(C)C)C2)nc(Nc2cccc(C#N)c2)n1. The second-order valence-electron chi connectivity index (χ2n) is 8.98. The lowest BCUT2D eigenvalue weighted by Gasteiger charge is -2.23. The highest BCUT2D eigenvalue weighted by Crippen LogP contribution is 2.24. The van der Waals surface area contributed by atoms with Gasteiger partial charge in [-0.1, -0.05) is 40.2 Å². The van der Waals surface area contributed by atoms with Gasteiger partial charge < -0.3 is 15.5 Å². The largest absolute Gasteiger partial charge is 0.355 e. The summed E-state index contributed by atoms with van der Waals surface area (Å²) in [6.07, 6.45) is 3.08.